The van der Waals surface area contributed by atoms with E-state index in [1.807, 2.05) is 11.0 Å². The molecule has 25 heavy (non-hydrogen) atoms. The van der Waals surface area contributed by atoms with Crippen molar-refractivity contribution in [1.29, 1.82) is 0 Å². The summed E-state index contributed by atoms with van der Waals surface area (Å²) in [5.74, 6) is 0.215. The Hall–Kier alpha value is -1.91. The number of thiophene rings is 1. The first kappa shape index (κ1) is 17.9. The van der Waals surface area contributed by atoms with Gasteiger partial charge >= 0.3 is 0 Å². The van der Waals surface area contributed by atoms with E-state index in [1.165, 1.54) is 16.0 Å². The Morgan fingerprint density at radius 1 is 1.24 bits per heavy atom. The number of carbonyl (C=O) groups is 1. The van der Waals surface area contributed by atoms with Gasteiger partial charge in [-0.15, -0.1) is 11.3 Å². The van der Waals surface area contributed by atoms with E-state index in [4.69, 9.17) is 0 Å². The van der Waals surface area contributed by atoms with Gasteiger partial charge in [-0.2, -0.15) is 0 Å². The molecule has 4 heteroatoms. The highest BCUT2D eigenvalue weighted by Crippen LogP contribution is 2.23. The van der Waals surface area contributed by atoms with Gasteiger partial charge in [-0.3, -0.25) is 4.79 Å². The molecule has 1 aromatic carbocycles. The minimum atomic E-state index is 0.215. The first-order valence-electron chi connectivity index (χ1n) is 9.11. The fourth-order valence-electron chi connectivity index (χ4n) is 3.29. The third-order valence-corrected chi connectivity index (χ3v) is 5.97. The van der Waals surface area contributed by atoms with Crippen molar-refractivity contribution < 1.29 is 9.69 Å². The van der Waals surface area contributed by atoms with Gasteiger partial charge in [-0.1, -0.05) is 43.3 Å². The molecule has 0 spiro atoms. The molecule has 0 unspecified atom stereocenters. The highest BCUT2D eigenvalue weighted by Gasteiger charge is 2.25. The number of quaternary nitrogens is 1. The summed E-state index contributed by atoms with van der Waals surface area (Å²) in [4.78, 5) is 18.5. The summed E-state index contributed by atoms with van der Waals surface area (Å²) in [6.07, 6.45) is 5.44. The van der Waals surface area contributed by atoms with E-state index in [2.05, 4.69) is 56.3 Å². The summed E-state index contributed by atoms with van der Waals surface area (Å²) in [5, 5.41) is 0. The van der Waals surface area contributed by atoms with Crippen LogP contribution in [0.5, 0.6) is 0 Å². The van der Waals surface area contributed by atoms with Gasteiger partial charge in [0.2, 0.25) is 0 Å². The maximum atomic E-state index is 12.7. The van der Waals surface area contributed by atoms with Crippen LogP contribution in [0, 0.1) is 6.92 Å². The minimum absolute atomic E-state index is 0.215. The Morgan fingerprint density at radius 2 is 1.96 bits per heavy atom. The quantitative estimate of drug-likeness (QED) is 0.876. The van der Waals surface area contributed by atoms with Crippen LogP contribution in [-0.2, 0) is 6.42 Å². The summed E-state index contributed by atoms with van der Waals surface area (Å²) < 4.78 is 0. The van der Waals surface area contributed by atoms with Gasteiger partial charge in [0.1, 0.15) is 0 Å². The van der Waals surface area contributed by atoms with Gasteiger partial charge in [0.15, 0.2) is 0 Å². The third kappa shape index (κ3) is 4.59. The number of piperazine rings is 1. The van der Waals surface area contributed by atoms with E-state index in [0.29, 0.717) is 0 Å². The lowest BCUT2D eigenvalue weighted by Crippen LogP contribution is -3.14. The number of hydrogen-bond acceptors (Lipinski definition) is 2. The minimum Gasteiger partial charge on any atom is -0.329 e. The van der Waals surface area contributed by atoms with E-state index in [-0.39, 0.29) is 5.91 Å². The van der Waals surface area contributed by atoms with Crippen molar-refractivity contribution >= 4 is 23.3 Å². The molecule has 1 aromatic heterocycles. The summed E-state index contributed by atoms with van der Waals surface area (Å²) in [6, 6.07) is 12.5. The highest BCUT2D eigenvalue weighted by molar-refractivity contribution is 7.14. The number of amides is 1. The average Bonchev–Trinajstić information content (AvgIpc) is 3.03. The zero-order valence-electron chi connectivity index (χ0n) is 15.1. The molecule has 1 aliphatic rings. The number of nitrogens with zero attached hydrogens (tertiary/aromatic N) is 1. The maximum Gasteiger partial charge on any atom is 0.264 e. The first-order chi connectivity index (χ1) is 12.2. The largest absolute Gasteiger partial charge is 0.329 e. The van der Waals surface area contributed by atoms with Crippen LogP contribution in [0.1, 0.15) is 32.6 Å². The van der Waals surface area contributed by atoms with E-state index >= 15 is 0 Å². The van der Waals surface area contributed by atoms with Crippen molar-refractivity contribution in [2.75, 3.05) is 32.7 Å². The molecule has 2 aromatic rings. The van der Waals surface area contributed by atoms with Gasteiger partial charge < -0.3 is 9.80 Å². The molecule has 0 saturated carbocycles. The second-order valence-electron chi connectivity index (χ2n) is 6.61. The van der Waals surface area contributed by atoms with E-state index in [9.17, 15) is 4.79 Å². The fourth-order valence-corrected chi connectivity index (χ4v) is 4.37. The zero-order valence-corrected chi connectivity index (χ0v) is 15.9. The number of carbonyl (C=O) groups excluding carboxylic acids is 1. The van der Waals surface area contributed by atoms with Crippen LogP contribution in [0.3, 0.4) is 0 Å². The van der Waals surface area contributed by atoms with Crippen molar-refractivity contribution in [3.05, 3.63) is 63.4 Å². The Labute approximate surface area is 154 Å². The molecule has 132 valence electrons. The smallest absolute Gasteiger partial charge is 0.264 e. The molecular weight excluding hydrogens is 328 g/mol. The van der Waals surface area contributed by atoms with Gasteiger partial charge in [-0.25, -0.2) is 0 Å². The van der Waals surface area contributed by atoms with E-state index < -0.39 is 0 Å². The maximum absolute atomic E-state index is 12.7. The lowest BCUT2D eigenvalue weighted by molar-refractivity contribution is -0.898. The number of rotatable bonds is 5. The second-order valence-corrected chi connectivity index (χ2v) is 7.86. The molecule has 0 atom stereocenters. The van der Waals surface area contributed by atoms with Crippen LogP contribution < -0.4 is 4.90 Å². The first-order valence-corrected chi connectivity index (χ1v) is 9.92. The van der Waals surface area contributed by atoms with Gasteiger partial charge in [0.05, 0.1) is 37.6 Å². The topological polar surface area (TPSA) is 24.8 Å². The summed E-state index contributed by atoms with van der Waals surface area (Å²) in [6.45, 7) is 9.04. The number of nitrogens with one attached hydrogen (secondary N) is 1. The Kier molecular flexibility index (Phi) is 6.05. The molecule has 1 amide bonds. The summed E-state index contributed by atoms with van der Waals surface area (Å²) in [5.41, 5.74) is 2.55. The van der Waals surface area contributed by atoms with E-state index in [1.54, 1.807) is 16.2 Å². The molecule has 0 bridgehead atoms. The molecule has 3 rings (SSSR count). The Balaban J connectivity index is 1.49. The molecule has 3 nitrogen and oxygen atoms in total. The summed E-state index contributed by atoms with van der Waals surface area (Å²) >= 11 is 1.64. The molecule has 0 radical (unpaired) electrons. The lowest BCUT2D eigenvalue weighted by Gasteiger charge is -2.31. The van der Waals surface area contributed by atoms with Crippen LogP contribution >= 0.6 is 11.3 Å². The zero-order chi connectivity index (χ0) is 17.6. The van der Waals surface area contributed by atoms with Gasteiger partial charge in [0.25, 0.3) is 5.91 Å². The van der Waals surface area contributed by atoms with Crippen molar-refractivity contribution in [2.24, 2.45) is 0 Å². The lowest BCUT2D eigenvalue weighted by atomic mass is 10.2. The monoisotopic (exact) mass is 355 g/mol. The third-order valence-electron chi connectivity index (χ3n) is 4.89. The molecular formula is C21H27N2OS+. The molecule has 1 N–H and O–H groups in total. The normalized spacial score (nSPS) is 15.8. The van der Waals surface area contributed by atoms with Crippen LogP contribution in [0.15, 0.2) is 42.5 Å². The van der Waals surface area contributed by atoms with Crippen LogP contribution in [0.2, 0.25) is 0 Å². The molecule has 1 saturated heterocycles. The number of hydrogen-bond donors (Lipinski definition) is 1. The Bertz CT molecular complexity index is 728. The standard InChI is InChI=1S/C21H26N2OS/c1-3-19-16-20(25-17(19)2)21(24)23-14-12-22(13-15-23)11-7-10-18-8-5-4-6-9-18/h4-10,16H,3,11-15H2,1-2H3/p+1/b10-7+. The van der Waals surface area contributed by atoms with Crippen molar-refractivity contribution in [3.63, 3.8) is 0 Å². The molecule has 1 aliphatic heterocycles. The molecule has 1 fully saturated rings. The number of aryl methyl sites for hydroxylation is 2. The summed E-state index contributed by atoms with van der Waals surface area (Å²) in [7, 11) is 0. The van der Waals surface area contributed by atoms with Crippen molar-refractivity contribution in [3.8, 4) is 0 Å². The Morgan fingerprint density at radius 3 is 2.60 bits per heavy atom. The van der Waals surface area contributed by atoms with Crippen molar-refractivity contribution in [2.45, 2.75) is 20.3 Å². The van der Waals surface area contributed by atoms with Crippen LogP contribution in [0.4, 0.5) is 0 Å². The molecule has 0 aliphatic carbocycles. The SMILES string of the molecule is CCc1cc(C(=O)N2CC[NH+](C/C=C/c3ccccc3)CC2)sc1C. The average molecular weight is 356 g/mol. The number of benzene rings is 1. The van der Waals surface area contributed by atoms with Gasteiger partial charge in [-0.05, 0) is 36.6 Å². The van der Waals surface area contributed by atoms with Crippen LogP contribution in [0.25, 0.3) is 6.08 Å². The fraction of sp³-hybridized carbons (Fsp3) is 0.381. The molecule has 2 heterocycles. The predicted molar refractivity (Wildman–Crippen MR) is 105 cm³/mol. The second kappa shape index (κ2) is 8.45. The van der Waals surface area contributed by atoms with Crippen LogP contribution in [-0.4, -0.2) is 43.5 Å². The highest BCUT2D eigenvalue weighted by atomic mass is 32.1. The van der Waals surface area contributed by atoms with Gasteiger partial charge in [0, 0.05) is 4.88 Å². The van der Waals surface area contributed by atoms with E-state index in [0.717, 1.165) is 44.0 Å². The predicted octanol–water partition coefficient (Wildman–Crippen LogP) is 2.67. The van der Waals surface area contributed by atoms with Crippen molar-refractivity contribution in [1.82, 2.24) is 4.90 Å².